The van der Waals surface area contributed by atoms with E-state index in [0.29, 0.717) is 6.04 Å². The van der Waals surface area contributed by atoms with Crippen LogP contribution in [0, 0.1) is 11.8 Å². The van der Waals surface area contributed by atoms with Gasteiger partial charge in [0.2, 0.25) is 0 Å². The summed E-state index contributed by atoms with van der Waals surface area (Å²) in [7, 11) is 0. The van der Waals surface area contributed by atoms with Gasteiger partial charge in [0.15, 0.2) is 0 Å². The molecule has 1 saturated heterocycles. The van der Waals surface area contributed by atoms with E-state index in [1.54, 1.807) is 0 Å². The molecular formula is C17H36N2. The van der Waals surface area contributed by atoms with Crippen LogP contribution < -0.4 is 5.32 Å². The molecule has 0 aromatic rings. The van der Waals surface area contributed by atoms with Crippen LogP contribution in [0.25, 0.3) is 0 Å². The van der Waals surface area contributed by atoms with Crippen molar-refractivity contribution in [2.75, 3.05) is 19.6 Å². The minimum atomic E-state index is 0.706. The van der Waals surface area contributed by atoms with Crippen LogP contribution in [-0.2, 0) is 0 Å². The van der Waals surface area contributed by atoms with Crippen molar-refractivity contribution in [3.8, 4) is 0 Å². The lowest BCUT2D eigenvalue weighted by Crippen LogP contribution is -2.58. The van der Waals surface area contributed by atoms with Gasteiger partial charge in [0.05, 0.1) is 0 Å². The second-order valence-corrected chi connectivity index (χ2v) is 6.87. The van der Waals surface area contributed by atoms with Gasteiger partial charge in [-0.05, 0) is 37.6 Å². The van der Waals surface area contributed by atoms with Gasteiger partial charge in [-0.3, -0.25) is 4.90 Å². The SMILES string of the molecule is CCCC1CNC(C(C)CC)CN1CCCC(C)C. The van der Waals surface area contributed by atoms with Crippen molar-refractivity contribution in [3.05, 3.63) is 0 Å². The lowest BCUT2D eigenvalue weighted by Gasteiger charge is -2.42. The fourth-order valence-electron chi connectivity index (χ4n) is 3.14. The third-order valence-corrected chi connectivity index (χ3v) is 4.74. The van der Waals surface area contributed by atoms with Crippen molar-refractivity contribution in [2.24, 2.45) is 11.8 Å². The topological polar surface area (TPSA) is 15.3 Å². The Hall–Kier alpha value is -0.0800. The van der Waals surface area contributed by atoms with Crippen LogP contribution in [-0.4, -0.2) is 36.6 Å². The molecule has 1 fully saturated rings. The molecule has 0 aromatic carbocycles. The average Bonchev–Trinajstić information content (AvgIpc) is 2.39. The van der Waals surface area contributed by atoms with E-state index in [2.05, 4.69) is 44.8 Å². The standard InChI is InChI=1S/C17H36N2/c1-6-9-16-12-18-17(15(5)7-2)13-19(16)11-8-10-14(3)4/h14-18H,6-13H2,1-5H3. The highest BCUT2D eigenvalue weighted by Gasteiger charge is 2.29. The monoisotopic (exact) mass is 268 g/mol. The molecule has 1 aliphatic rings. The Morgan fingerprint density at radius 2 is 1.95 bits per heavy atom. The van der Waals surface area contributed by atoms with Gasteiger partial charge in [0, 0.05) is 25.2 Å². The maximum absolute atomic E-state index is 3.79. The molecule has 0 spiro atoms. The number of hydrogen-bond acceptors (Lipinski definition) is 2. The Morgan fingerprint density at radius 1 is 1.21 bits per heavy atom. The quantitative estimate of drug-likeness (QED) is 0.718. The molecular weight excluding hydrogens is 232 g/mol. The van der Waals surface area contributed by atoms with E-state index < -0.39 is 0 Å². The van der Waals surface area contributed by atoms with Gasteiger partial charge in [-0.1, -0.05) is 47.5 Å². The molecule has 0 aromatic heterocycles. The molecule has 19 heavy (non-hydrogen) atoms. The Morgan fingerprint density at radius 3 is 2.53 bits per heavy atom. The second kappa shape index (κ2) is 8.97. The van der Waals surface area contributed by atoms with Gasteiger partial charge < -0.3 is 5.32 Å². The van der Waals surface area contributed by atoms with Crippen LogP contribution in [0.3, 0.4) is 0 Å². The third kappa shape index (κ3) is 5.83. The van der Waals surface area contributed by atoms with E-state index in [4.69, 9.17) is 0 Å². The molecule has 1 rings (SSSR count). The maximum atomic E-state index is 3.79. The summed E-state index contributed by atoms with van der Waals surface area (Å²) < 4.78 is 0. The first kappa shape index (κ1) is 17.0. The molecule has 1 N–H and O–H groups in total. The van der Waals surface area contributed by atoms with Crippen LogP contribution >= 0.6 is 0 Å². The molecule has 0 saturated carbocycles. The summed E-state index contributed by atoms with van der Waals surface area (Å²) in [5, 5.41) is 3.79. The number of hydrogen-bond donors (Lipinski definition) is 1. The fourth-order valence-corrected chi connectivity index (χ4v) is 3.14. The number of piperazine rings is 1. The van der Waals surface area contributed by atoms with Crippen LogP contribution in [0.2, 0.25) is 0 Å². The Bertz CT molecular complexity index is 227. The summed E-state index contributed by atoms with van der Waals surface area (Å²) in [6.45, 7) is 15.5. The maximum Gasteiger partial charge on any atom is 0.0221 e. The van der Waals surface area contributed by atoms with Crippen molar-refractivity contribution in [2.45, 2.75) is 78.8 Å². The summed E-state index contributed by atoms with van der Waals surface area (Å²) in [5.41, 5.74) is 0. The van der Waals surface area contributed by atoms with Crippen molar-refractivity contribution in [1.29, 1.82) is 0 Å². The molecule has 2 heteroatoms. The Kier molecular flexibility index (Phi) is 8.01. The highest BCUT2D eigenvalue weighted by Crippen LogP contribution is 2.19. The normalized spacial score (nSPS) is 26.8. The Labute approximate surface area is 121 Å². The van der Waals surface area contributed by atoms with E-state index in [9.17, 15) is 0 Å². The van der Waals surface area contributed by atoms with Crippen LogP contribution in [0.1, 0.15) is 66.7 Å². The minimum absolute atomic E-state index is 0.706. The van der Waals surface area contributed by atoms with Gasteiger partial charge in [-0.25, -0.2) is 0 Å². The Balaban J connectivity index is 2.47. The van der Waals surface area contributed by atoms with Crippen molar-refractivity contribution in [3.63, 3.8) is 0 Å². The first-order valence-electron chi connectivity index (χ1n) is 8.55. The lowest BCUT2D eigenvalue weighted by molar-refractivity contribution is 0.100. The summed E-state index contributed by atoms with van der Waals surface area (Å²) in [6, 6.07) is 1.48. The van der Waals surface area contributed by atoms with E-state index in [-0.39, 0.29) is 0 Å². The van der Waals surface area contributed by atoms with Crippen molar-refractivity contribution < 1.29 is 0 Å². The van der Waals surface area contributed by atoms with Crippen LogP contribution in [0.15, 0.2) is 0 Å². The van der Waals surface area contributed by atoms with E-state index in [0.717, 1.165) is 17.9 Å². The molecule has 3 unspecified atom stereocenters. The summed E-state index contributed by atoms with van der Waals surface area (Å²) >= 11 is 0. The smallest absolute Gasteiger partial charge is 0.0221 e. The average molecular weight is 268 g/mol. The van der Waals surface area contributed by atoms with E-state index in [1.165, 1.54) is 51.7 Å². The zero-order valence-electron chi connectivity index (χ0n) is 13.9. The first-order chi connectivity index (χ1) is 9.08. The summed E-state index contributed by atoms with van der Waals surface area (Å²) in [6.07, 6.45) is 6.68. The largest absolute Gasteiger partial charge is 0.311 e. The molecule has 3 atom stereocenters. The molecule has 114 valence electrons. The first-order valence-corrected chi connectivity index (χ1v) is 8.55. The predicted molar refractivity (Wildman–Crippen MR) is 85.6 cm³/mol. The number of nitrogens with one attached hydrogen (secondary N) is 1. The van der Waals surface area contributed by atoms with Gasteiger partial charge >= 0.3 is 0 Å². The second-order valence-electron chi connectivity index (χ2n) is 6.87. The number of rotatable bonds is 8. The number of nitrogens with zero attached hydrogens (tertiary/aromatic N) is 1. The van der Waals surface area contributed by atoms with Crippen LogP contribution in [0.4, 0.5) is 0 Å². The molecule has 2 nitrogen and oxygen atoms in total. The van der Waals surface area contributed by atoms with Crippen LogP contribution in [0.5, 0.6) is 0 Å². The molecule has 0 radical (unpaired) electrons. The van der Waals surface area contributed by atoms with Gasteiger partial charge in [0.25, 0.3) is 0 Å². The highest BCUT2D eigenvalue weighted by atomic mass is 15.2. The van der Waals surface area contributed by atoms with Gasteiger partial charge in [-0.15, -0.1) is 0 Å². The van der Waals surface area contributed by atoms with Gasteiger partial charge in [-0.2, -0.15) is 0 Å². The molecule has 0 bridgehead atoms. The molecule has 1 heterocycles. The minimum Gasteiger partial charge on any atom is -0.311 e. The van der Waals surface area contributed by atoms with Gasteiger partial charge in [0.1, 0.15) is 0 Å². The molecule has 0 amide bonds. The van der Waals surface area contributed by atoms with Crippen molar-refractivity contribution >= 4 is 0 Å². The third-order valence-electron chi connectivity index (χ3n) is 4.74. The predicted octanol–water partition coefficient (Wildman–Crippen LogP) is 3.91. The van der Waals surface area contributed by atoms with Crippen molar-refractivity contribution in [1.82, 2.24) is 10.2 Å². The summed E-state index contributed by atoms with van der Waals surface area (Å²) in [4.78, 5) is 2.78. The highest BCUT2D eigenvalue weighted by molar-refractivity contribution is 4.88. The zero-order chi connectivity index (χ0) is 14.3. The van der Waals surface area contributed by atoms with E-state index in [1.807, 2.05) is 0 Å². The van der Waals surface area contributed by atoms with E-state index >= 15 is 0 Å². The fraction of sp³-hybridized carbons (Fsp3) is 1.00. The lowest BCUT2D eigenvalue weighted by atomic mass is 9.94. The molecule has 0 aliphatic carbocycles. The zero-order valence-corrected chi connectivity index (χ0v) is 13.9. The molecule has 1 aliphatic heterocycles. The summed E-state index contributed by atoms with van der Waals surface area (Å²) in [5.74, 6) is 1.65.